The maximum atomic E-state index is 11.9. The van der Waals surface area contributed by atoms with E-state index >= 15 is 0 Å². The highest BCUT2D eigenvalue weighted by Crippen LogP contribution is 2.33. The molecule has 0 aliphatic carbocycles. The molecule has 1 amide bonds. The van der Waals surface area contributed by atoms with Crippen molar-refractivity contribution in [1.82, 2.24) is 15.2 Å². The summed E-state index contributed by atoms with van der Waals surface area (Å²) in [6.45, 7) is 0. The zero-order valence-corrected chi connectivity index (χ0v) is 15.4. The lowest BCUT2D eigenvalue weighted by atomic mass is 10.1. The quantitative estimate of drug-likeness (QED) is 0.502. The third kappa shape index (κ3) is 2.81. The van der Waals surface area contributed by atoms with Crippen LogP contribution in [0, 0.1) is 0 Å². The number of aryl methyl sites for hydroxylation is 1. The van der Waals surface area contributed by atoms with Crippen molar-refractivity contribution in [1.29, 1.82) is 0 Å². The lowest BCUT2D eigenvalue weighted by molar-refractivity contribution is -0.116. The van der Waals surface area contributed by atoms with E-state index < -0.39 is 0 Å². The van der Waals surface area contributed by atoms with Gasteiger partial charge in [-0.3, -0.25) is 9.89 Å². The Hall–Kier alpha value is -3.61. The molecule has 0 saturated carbocycles. The van der Waals surface area contributed by atoms with E-state index in [0.29, 0.717) is 12.2 Å². The Morgan fingerprint density at radius 2 is 2.04 bits per heavy atom. The Labute approximate surface area is 161 Å². The Kier molecular flexibility index (Phi) is 3.86. The van der Waals surface area contributed by atoms with Crippen molar-refractivity contribution in [3.63, 3.8) is 0 Å². The second-order valence-electron chi connectivity index (χ2n) is 6.90. The predicted octanol–water partition coefficient (Wildman–Crippen LogP) is 4.14. The fourth-order valence-electron chi connectivity index (χ4n) is 3.67. The molecule has 0 radical (unpaired) electrons. The predicted molar refractivity (Wildman–Crippen MR) is 109 cm³/mol. The number of pyridine rings is 1. The number of anilines is 3. The second kappa shape index (κ2) is 6.53. The molecule has 0 fully saturated rings. The number of carbonyl (C=O) groups is 1. The molecule has 0 atom stereocenters. The van der Waals surface area contributed by atoms with Gasteiger partial charge in [-0.2, -0.15) is 5.10 Å². The summed E-state index contributed by atoms with van der Waals surface area (Å²) in [6, 6.07) is 11.8. The van der Waals surface area contributed by atoms with E-state index in [2.05, 4.69) is 26.9 Å². The van der Waals surface area contributed by atoms with Crippen LogP contribution < -0.4 is 15.4 Å². The molecule has 7 heteroatoms. The average molecular weight is 373 g/mol. The monoisotopic (exact) mass is 373 g/mol. The van der Waals surface area contributed by atoms with Crippen LogP contribution in [0.1, 0.15) is 18.4 Å². The number of carbonyl (C=O) groups excluding carboxylic acids is 1. The lowest BCUT2D eigenvalue weighted by Gasteiger charge is -2.12. The molecule has 1 aliphatic heterocycles. The number of aromatic nitrogens is 3. The SMILES string of the molecule is COc1ccc2nc(Nc3ccc4c(c3)NC(=O)CCC4)c3[nH]ncc3c2c1. The van der Waals surface area contributed by atoms with Crippen molar-refractivity contribution in [3.8, 4) is 5.75 Å². The van der Waals surface area contributed by atoms with Crippen molar-refractivity contribution < 1.29 is 9.53 Å². The molecular weight excluding hydrogens is 354 g/mol. The minimum atomic E-state index is 0.0598. The summed E-state index contributed by atoms with van der Waals surface area (Å²) in [5.74, 6) is 1.52. The molecule has 0 spiro atoms. The molecule has 4 aromatic rings. The van der Waals surface area contributed by atoms with E-state index in [-0.39, 0.29) is 5.91 Å². The minimum absolute atomic E-state index is 0.0598. The average Bonchev–Trinajstić information content (AvgIpc) is 3.12. The third-order valence-electron chi connectivity index (χ3n) is 5.10. The van der Waals surface area contributed by atoms with Gasteiger partial charge in [-0.15, -0.1) is 0 Å². The fourth-order valence-corrected chi connectivity index (χ4v) is 3.67. The Balaban J connectivity index is 1.58. The summed E-state index contributed by atoms with van der Waals surface area (Å²) in [7, 11) is 1.65. The molecule has 0 unspecified atom stereocenters. The number of H-pyrrole nitrogens is 1. The Bertz CT molecular complexity index is 1210. The normalized spacial score (nSPS) is 13.8. The summed E-state index contributed by atoms with van der Waals surface area (Å²) in [5.41, 5.74) is 4.54. The van der Waals surface area contributed by atoms with Gasteiger partial charge < -0.3 is 15.4 Å². The highest BCUT2D eigenvalue weighted by molar-refractivity contribution is 6.09. The first-order valence-electron chi connectivity index (χ1n) is 9.22. The summed E-state index contributed by atoms with van der Waals surface area (Å²) in [4.78, 5) is 16.7. The molecule has 3 heterocycles. The molecule has 1 aliphatic rings. The van der Waals surface area contributed by atoms with Gasteiger partial charge in [0.25, 0.3) is 0 Å². The van der Waals surface area contributed by atoms with Gasteiger partial charge in [-0.25, -0.2) is 4.98 Å². The van der Waals surface area contributed by atoms with Gasteiger partial charge in [0.2, 0.25) is 5.91 Å². The van der Waals surface area contributed by atoms with E-state index in [1.165, 1.54) is 0 Å². The highest BCUT2D eigenvalue weighted by atomic mass is 16.5. The van der Waals surface area contributed by atoms with E-state index in [0.717, 1.165) is 57.3 Å². The Morgan fingerprint density at radius 1 is 1.11 bits per heavy atom. The van der Waals surface area contributed by atoms with E-state index in [1.54, 1.807) is 13.3 Å². The van der Waals surface area contributed by atoms with Gasteiger partial charge in [0.1, 0.15) is 11.3 Å². The van der Waals surface area contributed by atoms with Crippen molar-refractivity contribution in [3.05, 3.63) is 48.2 Å². The standard InChI is InChI=1S/C21H19N5O2/c1-28-14-7-8-17-15(10-14)16-11-22-26-20(16)21(25-17)23-13-6-5-12-3-2-4-19(27)24-18(12)9-13/h5-11H,2-4H2,1H3,(H,22,26)(H,23,25)(H,24,27). The first-order valence-corrected chi connectivity index (χ1v) is 9.22. The number of benzene rings is 2. The van der Waals surface area contributed by atoms with Crippen molar-refractivity contribution >= 4 is 44.9 Å². The molecule has 5 rings (SSSR count). The van der Waals surface area contributed by atoms with Crippen molar-refractivity contribution in [2.75, 3.05) is 17.7 Å². The van der Waals surface area contributed by atoms with E-state index in [4.69, 9.17) is 9.72 Å². The Morgan fingerprint density at radius 3 is 2.93 bits per heavy atom. The van der Waals surface area contributed by atoms with Gasteiger partial charge in [0, 0.05) is 28.6 Å². The molecule has 2 aromatic heterocycles. The molecular formula is C21H19N5O2. The largest absolute Gasteiger partial charge is 0.497 e. The number of methoxy groups -OCH3 is 1. The first kappa shape index (κ1) is 16.6. The van der Waals surface area contributed by atoms with Gasteiger partial charge in [-0.1, -0.05) is 6.07 Å². The highest BCUT2D eigenvalue weighted by Gasteiger charge is 2.15. The number of ether oxygens (including phenoxy) is 1. The number of amides is 1. The smallest absolute Gasteiger partial charge is 0.224 e. The molecule has 2 aromatic carbocycles. The summed E-state index contributed by atoms with van der Waals surface area (Å²) < 4.78 is 5.34. The number of hydrogen-bond acceptors (Lipinski definition) is 5. The number of nitrogens with zero attached hydrogens (tertiary/aromatic N) is 2. The first-order chi connectivity index (χ1) is 13.7. The molecule has 28 heavy (non-hydrogen) atoms. The van der Waals surface area contributed by atoms with Crippen LogP contribution >= 0.6 is 0 Å². The summed E-state index contributed by atoms with van der Waals surface area (Å²) in [5, 5.41) is 15.5. The van der Waals surface area contributed by atoms with Crippen LogP contribution in [0.5, 0.6) is 5.75 Å². The third-order valence-corrected chi connectivity index (χ3v) is 5.10. The molecule has 0 saturated heterocycles. The van der Waals surface area contributed by atoms with E-state index in [1.807, 2.05) is 30.3 Å². The van der Waals surface area contributed by atoms with Crippen LogP contribution in [0.25, 0.3) is 21.8 Å². The van der Waals surface area contributed by atoms with Crippen LogP contribution in [0.3, 0.4) is 0 Å². The molecule has 140 valence electrons. The van der Waals surface area contributed by atoms with Crippen LogP contribution in [0.15, 0.2) is 42.6 Å². The lowest BCUT2D eigenvalue weighted by Crippen LogP contribution is -2.09. The zero-order chi connectivity index (χ0) is 19.1. The number of rotatable bonds is 3. The van der Waals surface area contributed by atoms with Crippen LogP contribution in [-0.4, -0.2) is 28.2 Å². The zero-order valence-electron chi connectivity index (χ0n) is 15.4. The number of fused-ring (bicyclic) bond motifs is 4. The van der Waals surface area contributed by atoms with Gasteiger partial charge in [-0.05, 0) is 48.7 Å². The van der Waals surface area contributed by atoms with E-state index in [9.17, 15) is 4.79 Å². The maximum absolute atomic E-state index is 11.9. The van der Waals surface area contributed by atoms with Gasteiger partial charge in [0.15, 0.2) is 5.82 Å². The second-order valence-corrected chi connectivity index (χ2v) is 6.90. The number of aromatic amines is 1. The molecule has 0 bridgehead atoms. The van der Waals surface area contributed by atoms with Crippen molar-refractivity contribution in [2.24, 2.45) is 0 Å². The minimum Gasteiger partial charge on any atom is -0.497 e. The summed E-state index contributed by atoms with van der Waals surface area (Å²) in [6.07, 6.45) is 4.12. The number of hydrogen-bond donors (Lipinski definition) is 3. The topological polar surface area (TPSA) is 91.9 Å². The van der Waals surface area contributed by atoms with Crippen LogP contribution in [0.4, 0.5) is 17.2 Å². The van der Waals surface area contributed by atoms with Crippen molar-refractivity contribution in [2.45, 2.75) is 19.3 Å². The van der Waals surface area contributed by atoms with Gasteiger partial charge >= 0.3 is 0 Å². The molecule has 3 N–H and O–H groups in total. The van der Waals surface area contributed by atoms with Gasteiger partial charge in [0.05, 0.1) is 18.8 Å². The maximum Gasteiger partial charge on any atom is 0.224 e. The number of nitrogens with one attached hydrogen (secondary N) is 3. The summed E-state index contributed by atoms with van der Waals surface area (Å²) >= 11 is 0. The molecule has 7 nitrogen and oxygen atoms in total. The van der Waals surface area contributed by atoms with Crippen LogP contribution in [-0.2, 0) is 11.2 Å². The fraction of sp³-hybridized carbons (Fsp3) is 0.190. The van der Waals surface area contributed by atoms with Crippen LogP contribution in [0.2, 0.25) is 0 Å².